The molecule has 0 bridgehead atoms. The lowest BCUT2D eigenvalue weighted by Crippen LogP contribution is -2.32. The van der Waals surface area contributed by atoms with Crippen molar-refractivity contribution < 1.29 is 22.7 Å². The van der Waals surface area contributed by atoms with Crippen molar-refractivity contribution in [3.05, 3.63) is 18.2 Å². The van der Waals surface area contributed by atoms with Gasteiger partial charge in [-0.3, -0.25) is 4.79 Å². The Labute approximate surface area is 161 Å². The first kappa shape index (κ1) is 21.5. The number of sulfonamides is 1. The van der Waals surface area contributed by atoms with Gasteiger partial charge in [0.2, 0.25) is 15.9 Å². The van der Waals surface area contributed by atoms with Crippen molar-refractivity contribution in [1.82, 2.24) is 10.0 Å². The van der Waals surface area contributed by atoms with E-state index in [0.29, 0.717) is 44.1 Å². The van der Waals surface area contributed by atoms with Gasteiger partial charge >= 0.3 is 0 Å². The molecule has 8 heteroatoms. The van der Waals surface area contributed by atoms with Gasteiger partial charge in [0.1, 0.15) is 13.2 Å². The molecule has 0 fully saturated rings. The molecular formula is C19H30N2O5S. The van der Waals surface area contributed by atoms with Gasteiger partial charge in [0, 0.05) is 25.1 Å². The summed E-state index contributed by atoms with van der Waals surface area (Å²) in [5.74, 6) is 1.08. The molecule has 0 aromatic heterocycles. The normalized spacial score (nSPS) is 14.6. The fraction of sp³-hybridized carbons (Fsp3) is 0.632. The minimum Gasteiger partial charge on any atom is -0.486 e. The molecule has 1 heterocycles. The van der Waals surface area contributed by atoms with Gasteiger partial charge in [0.15, 0.2) is 11.5 Å². The third-order valence-corrected chi connectivity index (χ3v) is 5.78. The fourth-order valence-corrected chi connectivity index (χ4v) is 4.01. The van der Waals surface area contributed by atoms with Gasteiger partial charge in [-0.05, 0) is 38.3 Å². The zero-order valence-electron chi connectivity index (χ0n) is 16.1. The summed E-state index contributed by atoms with van der Waals surface area (Å²) < 4.78 is 38.2. The Morgan fingerprint density at radius 2 is 1.89 bits per heavy atom. The molecule has 1 aromatic rings. The molecule has 152 valence electrons. The van der Waals surface area contributed by atoms with E-state index in [4.69, 9.17) is 9.47 Å². The zero-order chi connectivity index (χ0) is 19.7. The number of carbonyl (C=O) groups is 1. The molecular weight excluding hydrogens is 368 g/mol. The van der Waals surface area contributed by atoms with Crippen molar-refractivity contribution in [3.8, 4) is 11.5 Å². The Hall–Kier alpha value is -1.80. The average molecular weight is 399 g/mol. The van der Waals surface area contributed by atoms with Crippen LogP contribution in [0.15, 0.2) is 23.1 Å². The third kappa shape index (κ3) is 7.03. The Morgan fingerprint density at radius 1 is 1.15 bits per heavy atom. The molecule has 2 rings (SSSR count). The standard InChI is InChI=1S/C19H30N2O5S/c1-3-7-15(2)21-19(22)8-5-4-6-11-20-27(23,24)16-9-10-17-18(14-16)26-13-12-25-17/h9-10,14-15,20H,3-8,11-13H2,1-2H3,(H,21,22). The number of carbonyl (C=O) groups excluding carboxylic acids is 1. The van der Waals surface area contributed by atoms with Crippen LogP contribution < -0.4 is 19.5 Å². The Balaban J connectivity index is 1.68. The Kier molecular flexibility index (Phi) is 8.37. The second kappa shape index (κ2) is 10.5. The van der Waals surface area contributed by atoms with E-state index < -0.39 is 10.0 Å². The van der Waals surface area contributed by atoms with E-state index in [1.807, 2.05) is 6.92 Å². The van der Waals surface area contributed by atoms with Gasteiger partial charge in [-0.25, -0.2) is 13.1 Å². The van der Waals surface area contributed by atoms with E-state index in [1.54, 1.807) is 6.07 Å². The van der Waals surface area contributed by atoms with Crippen LogP contribution in [0, 0.1) is 0 Å². The summed E-state index contributed by atoms with van der Waals surface area (Å²) in [6.07, 6.45) is 4.72. The molecule has 1 unspecified atom stereocenters. The predicted molar refractivity (Wildman–Crippen MR) is 104 cm³/mol. The summed E-state index contributed by atoms with van der Waals surface area (Å²) in [7, 11) is -3.58. The molecule has 0 saturated heterocycles. The van der Waals surface area contributed by atoms with Gasteiger partial charge in [-0.2, -0.15) is 0 Å². The smallest absolute Gasteiger partial charge is 0.240 e. The van der Waals surface area contributed by atoms with Crippen LogP contribution in [0.1, 0.15) is 52.4 Å². The van der Waals surface area contributed by atoms with E-state index in [1.165, 1.54) is 12.1 Å². The number of ether oxygens (including phenoxy) is 2. The molecule has 1 aromatic carbocycles. The number of hydrogen-bond acceptors (Lipinski definition) is 5. The molecule has 1 aliphatic rings. The molecule has 7 nitrogen and oxygen atoms in total. The summed E-state index contributed by atoms with van der Waals surface area (Å²) in [5, 5.41) is 2.97. The number of rotatable bonds is 11. The maximum Gasteiger partial charge on any atom is 0.240 e. The number of fused-ring (bicyclic) bond motifs is 1. The topological polar surface area (TPSA) is 93.7 Å². The van der Waals surface area contributed by atoms with Gasteiger partial charge in [0.25, 0.3) is 0 Å². The first-order valence-electron chi connectivity index (χ1n) is 9.61. The molecule has 27 heavy (non-hydrogen) atoms. The van der Waals surface area contributed by atoms with Crippen molar-refractivity contribution >= 4 is 15.9 Å². The quantitative estimate of drug-likeness (QED) is 0.559. The van der Waals surface area contributed by atoms with Gasteiger partial charge in [-0.15, -0.1) is 0 Å². The maximum atomic E-state index is 12.4. The number of benzene rings is 1. The van der Waals surface area contributed by atoms with Crippen LogP contribution in [0.2, 0.25) is 0 Å². The number of nitrogens with one attached hydrogen (secondary N) is 2. The predicted octanol–water partition coefficient (Wildman–Crippen LogP) is 2.60. The molecule has 1 amide bonds. The van der Waals surface area contributed by atoms with Crippen LogP contribution in [-0.4, -0.2) is 40.1 Å². The summed E-state index contributed by atoms with van der Waals surface area (Å²) in [5.41, 5.74) is 0. The zero-order valence-corrected chi connectivity index (χ0v) is 16.9. The monoisotopic (exact) mass is 398 g/mol. The highest BCUT2D eigenvalue weighted by Gasteiger charge is 2.18. The van der Waals surface area contributed by atoms with Crippen LogP contribution in [0.5, 0.6) is 11.5 Å². The van der Waals surface area contributed by atoms with Crippen molar-refractivity contribution in [2.24, 2.45) is 0 Å². The molecule has 0 saturated carbocycles. The Morgan fingerprint density at radius 3 is 2.63 bits per heavy atom. The lowest BCUT2D eigenvalue weighted by molar-refractivity contribution is -0.121. The minimum absolute atomic E-state index is 0.0628. The average Bonchev–Trinajstić information content (AvgIpc) is 2.64. The van der Waals surface area contributed by atoms with E-state index in [-0.39, 0.29) is 16.8 Å². The molecule has 1 atom stereocenters. The number of unbranched alkanes of at least 4 members (excludes halogenated alkanes) is 2. The summed E-state index contributed by atoms with van der Waals surface area (Å²) in [6, 6.07) is 4.82. The summed E-state index contributed by atoms with van der Waals surface area (Å²) >= 11 is 0. The highest BCUT2D eigenvalue weighted by atomic mass is 32.2. The van der Waals surface area contributed by atoms with E-state index in [9.17, 15) is 13.2 Å². The van der Waals surface area contributed by atoms with Crippen molar-refractivity contribution in [2.45, 2.75) is 63.3 Å². The molecule has 0 aliphatic carbocycles. The van der Waals surface area contributed by atoms with Crippen molar-refractivity contribution in [2.75, 3.05) is 19.8 Å². The first-order valence-corrected chi connectivity index (χ1v) is 11.1. The van der Waals surface area contributed by atoms with Crippen molar-refractivity contribution in [1.29, 1.82) is 0 Å². The molecule has 0 spiro atoms. The third-order valence-electron chi connectivity index (χ3n) is 4.33. The number of amides is 1. The lowest BCUT2D eigenvalue weighted by Gasteiger charge is -2.18. The van der Waals surface area contributed by atoms with Gasteiger partial charge < -0.3 is 14.8 Å². The van der Waals surface area contributed by atoms with Gasteiger partial charge in [-0.1, -0.05) is 19.8 Å². The second-order valence-corrected chi connectivity index (χ2v) is 8.54. The first-order chi connectivity index (χ1) is 12.9. The largest absolute Gasteiger partial charge is 0.486 e. The van der Waals surface area contributed by atoms with E-state index >= 15 is 0 Å². The van der Waals surface area contributed by atoms with Crippen LogP contribution in [0.25, 0.3) is 0 Å². The van der Waals surface area contributed by atoms with E-state index in [0.717, 1.165) is 25.7 Å². The van der Waals surface area contributed by atoms with E-state index in [2.05, 4.69) is 17.0 Å². The lowest BCUT2D eigenvalue weighted by atomic mass is 10.1. The highest BCUT2D eigenvalue weighted by Crippen LogP contribution is 2.32. The fourth-order valence-electron chi connectivity index (χ4n) is 2.92. The summed E-state index contributed by atoms with van der Waals surface area (Å²) in [6.45, 7) is 5.31. The van der Waals surface area contributed by atoms with Crippen LogP contribution in [0.3, 0.4) is 0 Å². The van der Waals surface area contributed by atoms with Crippen molar-refractivity contribution in [3.63, 3.8) is 0 Å². The second-order valence-electron chi connectivity index (χ2n) is 6.77. The summed E-state index contributed by atoms with van der Waals surface area (Å²) in [4.78, 5) is 11.9. The number of hydrogen-bond donors (Lipinski definition) is 2. The molecule has 1 aliphatic heterocycles. The van der Waals surface area contributed by atoms with Gasteiger partial charge in [0.05, 0.1) is 4.90 Å². The van der Waals surface area contributed by atoms with Crippen LogP contribution in [0.4, 0.5) is 0 Å². The maximum absolute atomic E-state index is 12.4. The van der Waals surface area contributed by atoms with Crippen LogP contribution in [-0.2, 0) is 14.8 Å². The molecule has 0 radical (unpaired) electrons. The molecule has 2 N–H and O–H groups in total. The highest BCUT2D eigenvalue weighted by molar-refractivity contribution is 7.89. The minimum atomic E-state index is -3.58. The SMILES string of the molecule is CCCC(C)NC(=O)CCCCCNS(=O)(=O)c1ccc2c(c1)OCCO2. The van der Waals surface area contributed by atoms with Crippen LogP contribution >= 0.6 is 0 Å². The Bertz CT molecular complexity index is 721.